The summed E-state index contributed by atoms with van der Waals surface area (Å²) in [7, 11) is 9.52. The smallest absolute Gasteiger partial charge is 0.203 e. The lowest BCUT2D eigenvalue weighted by atomic mass is 9.90. The van der Waals surface area contributed by atoms with Gasteiger partial charge < -0.3 is 42.7 Å². The average Bonchev–Trinajstić information content (AvgIpc) is 2.41. The van der Waals surface area contributed by atoms with Crippen LogP contribution in [-0.4, -0.2) is 46.5 Å². The second kappa shape index (κ2) is 6.39. The SMILES string of the molecule is COc1cc2c(c(OC)c1OC)[C@H](C)[N+](C)(C)CC2.[I-]. The molecule has 0 saturated carbocycles. The molecular weight excluding hydrogens is 369 g/mol. The van der Waals surface area contributed by atoms with E-state index in [-0.39, 0.29) is 24.0 Å². The number of fused-ring (bicyclic) bond motifs is 1. The minimum absolute atomic E-state index is 0. The van der Waals surface area contributed by atoms with E-state index in [1.165, 1.54) is 11.1 Å². The fraction of sp³-hybridized carbons (Fsp3) is 0.600. The monoisotopic (exact) mass is 393 g/mol. The molecule has 20 heavy (non-hydrogen) atoms. The van der Waals surface area contributed by atoms with Gasteiger partial charge in [-0.05, 0) is 18.6 Å². The highest BCUT2D eigenvalue weighted by molar-refractivity contribution is 5.60. The highest BCUT2D eigenvalue weighted by Gasteiger charge is 2.37. The summed E-state index contributed by atoms with van der Waals surface area (Å²) in [5.74, 6) is 2.25. The van der Waals surface area contributed by atoms with Crippen LogP contribution in [0.5, 0.6) is 17.2 Å². The summed E-state index contributed by atoms with van der Waals surface area (Å²) in [6, 6.07) is 2.46. The van der Waals surface area contributed by atoms with Gasteiger partial charge in [0.1, 0.15) is 6.04 Å². The number of nitrogens with zero attached hydrogens (tertiary/aromatic N) is 1. The van der Waals surface area contributed by atoms with Crippen LogP contribution in [0.15, 0.2) is 6.07 Å². The molecule has 0 aromatic heterocycles. The minimum Gasteiger partial charge on any atom is -1.00 e. The van der Waals surface area contributed by atoms with Crippen LogP contribution in [0.1, 0.15) is 24.1 Å². The number of likely N-dealkylation sites (N-methyl/N-ethyl adjacent to an activating group) is 1. The molecule has 0 N–H and O–H groups in total. The zero-order chi connectivity index (χ0) is 14.2. The third-order valence-corrected chi connectivity index (χ3v) is 4.38. The van der Waals surface area contributed by atoms with Crippen LogP contribution in [0, 0.1) is 0 Å². The van der Waals surface area contributed by atoms with Crippen molar-refractivity contribution in [1.82, 2.24) is 0 Å². The first kappa shape index (κ1) is 17.4. The van der Waals surface area contributed by atoms with Gasteiger partial charge in [-0.2, -0.15) is 0 Å². The largest absolute Gasteiger partial charge is 1.00 e. The molecule has 1 aliphatic heterocycles. The lowest BCUT2D eigenvalue weighted by molar-refractivity contribution is -0.921. The first-order chi connectivity index (χ1) is 8.96. The van der Waals surface area contributed by atoms with Crippen molar-refractivity contribution in [1.29, 1.82) is 0 Å². The van der Waals surface area contributed by atoms with Crippen molar-refractivity contribution < 1.29 is 42.7 Å². The van der Waals surface area contributed by atoms with E-state index in [4.69, 9.17) is 14.2 Å². The summed E-state index contributed by atoms with van der Waals surface area (Å²) >= 11 is 0. The van der Waals surface area contributed by atoms with Crippen molar-refractivity contribution in [3.8, 4) is 17.2 Å². The summed E-state index contributed by atoms with van der Waals surface area (Å²) in [5, 5.41) is 0. The molecule has 1 heterocycles. The highest BCUT2D eigenvalue weighted by Crippen LogP contribution is 2.48. The zero-order valence-electron chi connectivity index (χ0n) is 13.1. The summed E-state index contributed by atoms with van der Waals surface area (Å²) in [6.45, 7) is 3.36. The van der Waals surface area contributed by atoms with E-state index in [0.29, 0.717) is 11.8 Å². The molecule has 0 bridgehead atoms. The number of benzene rings is 1. The van der Waals surface area contributed by atoms with E-state index in [1.54, 1.807) is 21.3 Å². The number of rotatable bonds is 3. The van der Waals surface area contributed by atoms with Gasteiger partial charge in [0.2, 0.25) is 5.75 Å². The van der Waals surface area contributed by atoms with Gasteiger partial charge in [-0.3, -0.25) is 0 Å². The van der Waals surface area contributed by atoms with E-state index in [1.807, 2.05) is 0 Å². The van der Waals surface area contributed by atoms with Crippen molar-refractivity contribution in [2.24, 2.45) is 0 Å². The van der Waals surface area contributed by atoms with Crippen LogP contribution in [-0.2, 0) is 6.42 Å². The molecule has 4 nitrogen and oxygen atoms in total. The van der Waals surface area contributed by atoms with Gasteiger partial charge in [-0.15, -0.1) is 0 Å². The number of hydrogen-bond acceptors (Lipinski definition) is 3. The predicted octanol–water partition coefficient (Wildman–Crippen LogP) is -0.590. The van der Waals surface area contributed by atoms with Gasteiger partial charge in [0.05, 0.1) is 47.5 Å². The van der Waals surface area contributed by atoms with Gasteiger partial charge in [-0.25, -0.2) is 0 Å². The third kappa shape index (κ3) is 2.70. The molecule has 0 fully saturated rings. The Morgan fingerprint density at radius 3 is 2.15 bits per heavy atom. The van der Waals surface area contributed by atoms with Gasteiger partial charge >= 0.3 is 0 Å². The summed E-state index contributed by atoms with van der Waals surface area (Å²) in [4.78, 5) is 0. The van der Waals surface area contributed by atoms with E-state index >= 15 is 0 Å². The Morgan fingerprint density at radius 1 is 1.05 bits per heavy atom. The summed E-state index contributed by atoms with van der Waals surface area (Å²) < 4.78 is 17.5. The van der Waals surface area contributed by atoms with Gasteiger partial charge in [0.15, 0.2) is 11.5 Å². The van der Waals surface area contributed by atoms with Crippen LogP contribution >= 0.6 is 0 Å². The Labute approximate surface area is 138 Å². The predicted molar refractivity (Wildman–Crippen MR) is 75.2 cm³/mol. The molecule has 1 aromatic rings. The van der Waals surface area contributed by atoms with E-state index in [2.05, 4.69) is 27.1 Å². The molecule has 0 saturated heterocycles. The highest BCUT2D eigenvalue weighted by atomic mass is 127. The van der Waals surface area contributed by atoms with Crippen molar-refractivity contribution in [2.75, 3.05) is 42.0 Å². The fourth-order valence-electron chi connectivity index (χ4n) is 2.85. The van der Waals surface area contributed by atoms with Gasteiger partial charge in [0.25, 0.3) is 0 Å². The first-order valence-electron chi connectivity index (χ1n) is 6.60. The van der Waals surface area contributed by atoms with Crippen molar-refractivity contribution in [2.45, 2.75) is 19.4 Å². The Morgan fingerprint density at radius 2 is 1.65 bits per heavy atom. The molecule has 114 valence electrons. The lowest BCUT2D eigenvalue weighted by Crippen LogP contribution is -3.00. The van der Waals surface area contributed by atoms with E-state index in [9.17, 15) is 0 Å². The average molecular weight is 393 g/mol. The minimum atomic E-state index is 0. The van der Waals surface area contributed by atoms with Gasteiger partial charge in [-0.1, -0.05) is 0 Å². The number of hydrogen-bond donors (Lipinski definition) is 0. The maximum atomic E-state index is 5.63. The third-order valence-electron chi connectivity index (χ3n) is 4.38. The van der Waals surface area contributed by atoms with Crippen LogP contribution < -0.4 is 38.2 Å². The van der Waals surface area contributed by atoms with Crippen LogP contribution in [0.4, 0.5) is 0 Å². The second-order valence-electron chi connectivity index (χ2n) is 5.65. The van der Waals surface area contributed by atoms with Crippen molar-refractivity contribution in [3.05, 3.63) is 17.2 Å². The molecule has 1 aliphatic rings. The molecule has 0 radical (unpaired) electrons. The number of halogens is 1. The molecule has 2 rings (SSSR count). The van der Waals surface area contributed by atoms with Gasteiger partial charge in [0, 0.05) is 6.42 Å². The molecule has 0 unspecified atom stereocenters. The topological polar surface area (TPSA) is 27.7 Å². The molecule has 0 aliphatic carbocycles. The van der Waals surface area contributed by atoms with Crippen molar-refractivity contribution in [3.63, 3.8) is 0 Å². The molecule has 1 aromatic carbocycles. The molecular formula is C15H24INO3. The first-order valence-corrected chi connectivity index (χ1v) is 6.60. The Kier molecular flexibility index (Phi) is 5.54. The molecule has 5 heteroatoms. The summed E-state index contributed by atoms with van der Waals surface area (Å²) in [5.41, 5.74) is 2.55. The fourth-order valence-corrected chi connectivity index (χ4v) is 2.85. The van der Waals surface area contributed by atoms with E-state index < -0.39 is 0 Å². The molecule has 0 spiro atoms. The molecule has 0 amide bonds. The summed E-state index contributed by atoms with van der Waals surface area (Å²) in [6.07, 6.45) is 1.03. The van der Waals surface area contributed by atoms with E-state index in [0.717, 1.165) is 28.9 Å². The van der Waals surface area contributed by atoms with Crippen LogP contribution in [0.25, 0.3) is 0 Å². The number of ether oxygens (including phenoxy) is 3. The Bertz CT molecular complexity index is 488. The van der Waals surface area contributed by atoms with Crippen LogP contribution in [0.2, 0.25) is 0 Å². The van der Waals surface area contributed by atoms with Crippen LogP contribution in [0.3, 0.4) is 0 Å². The van der Waals surface area contributed by atoms with Crippen molar-refractivity contribution >= 4 is 0 Å². The Hall–Kier alpha value is -0.690. The second-order valence-corrected chi connectivity index (χ2v) is 5.65. The zero-order valence-corrected chi connectivity index (χ0v) is 15.3. The number of methoxy groups -OCH3 is 3. The lowest BCUT2D eigenvalue weighted by Gasteiger charge is -2.41. The maximum absolute atomic E-state index is 5.63. The Balaban J connectivity index is 0.00000200. The molecule has 1 atom stereocenters. The number of quaternary nitrogens is 1. The normalized spacial score (nSPS) is 19.6. The quantitative estimate of drug-likeness (QED) is 0.508. The standard InChI is InChI=1S/C15H24NO3.HI/c1-10-13-11(7-8-16(10,2)3)9-12(17-4)14(18-5)15(13)19-6;/h9-10H,7-8H2,1-6H3;1H/q+1;/p-1/t10-;/m0./s1. The maximum Gasteiger partial charge on any atom is 0.203 e.